The molecule has 1 amide bonds. The molecule has 34 heavy (non-hydrogen) atoms. The van der Waals surface area contributed by atoms with Crippen LogP contribution in [0.3, 0.4) is 0 Å². The minimum absolute atomic E-state index is 0.169. The number of carbonyl (C=O) groups excluding carboxylic acids is 1. The number of amides is 1. The number of aryl methyl sites for hydroxylation is 1. The molecule has 0 aliphatic carbocycles. The van der Waals surface area contributed by atoms with Gasteiger partial charge in [-0.1, -0.05) is 65.3 Å². The van der Waals surface area contributed by atoms with Crippen LogP contribution in [0, 0.1) is 6.92 Å². The Bertz CT molecular complexity index is 1070. The van der Waals surface area contributed by atoms with Gasteiger partial charge in [0.25, 0.3) is 0 Å². The molecule has 2 aromatic carbocycles. The van der Waals surface area contributed by atoms with Crippen molar-refractivity contribution in [1.82, 2.24) is 24.8 Å². The van der Waals surface area contributed by atoms with Crippen molar-refractivity contribution in [1.29, 1.82) is 0 Å². The second kappa shape index (κ2) is 10.5. The van der Waals surface area contributed by atoms with E-state index in [1.54, 1.807) is 0 Å². The first-order valence-corrected chi connectivity index (χ1v) is 11.9. The first kappa shape index (κ1) is 22.7. The average Bonchev–Trinajstić information content (AvgIpc) is 3.35. The van der Waals surface area contributed by atoms with Gasteiger partial charge >= 0.3 is 0 Å². The molecule has 0 unspecified atom stereocenters. The zero-order chi connectivity index (χ0) is 23.3. The Balaban J connectivity index is 1.23. The fourth-order valence-corrected chi connectivity index (χ4v) is 4.61. The highest BCUT2D eigenvalue weighted by Gasteiger charge is 2.34. The molecular formula is C26H31N5O3. The van der Waals surface area contributed by atoms with Crippen LogP contribution in [0.25, 0.3) is 11.4 Å². The number of hydrogen-bond donors (Lipinski definition) is 0. The maximum Gasteiger partial charge on any atom is 0.244 e. The van der Waals surface area contributed by atoms with Crippen molar-refractivity contribution in [3.05, 3.63) is 71.6 Å². The van der Waals surface area contributed by atoms with E-state index >= 15 is 0 Å². The highest BCUT2D eigenvalue weighted by atomic mass is 16.5. The fraction of sp³-hybridized carbons (Fsp3) is 0.423. The number of aromatic nitrogens is 2. The minimum atomic E-state index is -0.266. The van der Waals surface area contributed by atoms with E-state index in [0.717, 1.165) is 37.3 Å². The Morgan fingerprint density at radius 2 is 1.65 bits per heavy atom. The van der Waals surface area contributed by atoms with E-state index in [0.29, 0.717) is 44.6 Å². The molecule has 2 aliphatic rings. The van der Waals surface area contributed by atoms with Crippen molar-refractivity contribution in [2.24, 2.45) is 0 Å². The lowest BCUT2D eigenvalue weighted by molar-refractivity contribution is -0.142. The molecule has 0 bridgehead atoms. The third-order valence-corrected chi connectivity index (χ3v) is 6.58. The van der Waals surface area contributed by atoms with Crippen molar-refractivity contribution in [3.8, 4) is 11.4 Å². The molecule has 0 N–H and O–H groups in total. The molecule has 3 heterocycles. The zero-order valence-electron chi connectivity index (χ0n) is 19.6. The van der Waals surface area contributed by atoms with Crippen LogP contribution in [0.2, 0.25) is 0 Å². The summed E-state index contributed by atoms with van der Waals surface area (Å²) in [5.74, 6) is 1.41. The number of nitrogens with zero attached hydrogens (tertiary/aromatic N) is 5. The lowest BCUT2D eigenvalue weighted by Gasteiger charge is -2.40. The lowest BCUT2D eigenvalue weighted by atomic mass is 10.0. The number of hydrogen-bond acceptors (Lipinski definition) is 7. The molecule has 2 fully saturated rings. The second-order valence-electron chi connectivity index (χ2n) is 8.94. The minimum Gasteiger partial charge on any atom is -0.378 e. The Hall–Kier alpha value is -3.07. The van der Waals surface area contributed by atoms with E-state index in [1.165, 1.54) is 5.56 Å². The number of morpholine rings is 1. The lowest BCUT2D eigenvalue weighted by Crippen LogP contribution is -2.52. The molecule has 3 aromatic rings. The van der Waals surface area contributed by atoms with Crippen LogP contribution in [0.1, 0.15) is 23.1 Å². The van der Waals surface area contributed by atoms with Crippen LogP contribution in [-0.4, -0.2) is 83.2 Å². The monoisotopic (exact) mass is 461 g/mol. The summed E-state index contributed by atoms with van der Waals surface area (Å²) in [5, 5.41) is 4.16. The molecule has 1 atom stereocenters. The topological polar surface area (TPSA) is 74.9 Å². The normalized spacial score (nSPS) is 18.7. The van der Waals surface area contributed by atoms with Crippen LogP contribution >= 0.6 is 0 Å². The van der Waals surface area contributed by atoms with Gasteiger partial charge in [-0.05, 0) is 12.5 Å². The smallest absolute Gasteiger partial charge is 0.244 e. The van der Waals surface area contributed by atoms with Gasteiger partial charge in [0.1, 0.15) is 6.04 Å². The van der Waals surface area contributed by atoms with E-state index in [2.05, 4.69) is 39.0 Å². The van der Waals surface area contributed by atoms with Crippen LogP contribution in [0.4, 0.5) is 0 Å². The zero-order valence-corrected chi connectivity index (χ0v) is 19.6. The van der Waals surface area contributed by atoms with Gasteiger partial charge in [-0.2, -0.15) is 4.98 Å². The third kappa shape index (κ3) is 5.19. The first-order valence-electron chi connectivity index (χ1n) is 11.9. The van der Waals surface area contributed by atoms with E-state index in [-0.39, 0.29) is 11.9 Å². The van der Waals surface area contributed by atoms with Gasteiger partial charge in [0.2, 0.25) is 17.6 Å². The molecular weight excluding hydrogens is 430 g/mol. The fourth-order valence-electron chi connectivity index (χ4n) is 4.61. The first-order chi connectivity index (χ1) is 16.7. The number of carbonyl (C=O) groups is 1. The summed E-state index contributed by atoms with van der Waals surface area (Å²) in [7, 11) is 0. The molecule has 1 aromatic heterocycles. The Morgan fingerprint density at radius 1 is 0.941 bits per heavy atom. The molecule has 2 aliphatic heterocycles. The van der Waals surface area contributed by atoms with Crippen molar-refractivity contribution in [2.45, 2.75) is 19.5 Å². The molecule has 8 heteroatoms. The Labute approximate surface area is 200 Å². The largest absolute Gasteiger partial charge is 0.378 e. The summed E-state index contributed by atoms with van der Waals surface area (Å²) in [6.07, 6.45) is 0. The van der Waals surface area contributed by atoms with Gasteiger partial charge < -0.3 is 14.2 Å². The van der Waals surface area contributed by atoms with Crippen LogP contribution in [0.5, 0.6) is 0 Å². The van der Waals surface area contributed by atoms with Crippen LogP contribution < -0.4 is 0 Å². The predicted octanol–water partition coefficient (Wildman–Crippen LogP) is 2.76. The average molecular weight is 462 g/mol. The third-order valence-electron chi connectivity index (χ3n) is 6.58. The predicted molar refractivity (Wildman–Crippen MR) is 128 cm³/mol. The van der Waals surface area contributed by atoms with Crippen molar-refractivity contribution in [3.63, 3.8) is 0 Å². The molecule has 178 valence electrons. The van der Waals surface area contributed by atoms with Gasteiger partial charge in [0.15, 0.2) is 0 Å². The van der Waals surface area contributed by atoms with Gasteiger partial charge in [-0.15, -0.1) is 0 Å². The summed E-state index contributed by atoms with van der Waals surface area (Å²) in [6.45, 7) is 8.46. The second-order valence-corrected chi connectivity index (χ2v) is 8.94. The molecule has 0 spiro atoms. The quantitative estimate of drug-likeness (QED) is 0.559. The van der Waals surface area contributed by atoms with Crippen LogP contribution in [-0.2, 0) is 16.1 Å². The van der Waals surface area contributed by atoms with Crippen molar-refractivity contribution in [2.75, 3.05) is 52.5 Å². The summed E-state index contributed by atoms with van der Waals surface area (Å²) < 4.78 is 11.0. The standard InChI is InChI=1S/C26H31N5O3/c1-20-7-9-22(10-8-20)25-27-23(34-28-25)19-29-11-13-30(14-12-29)24(21-5-3-2-4-6-21)26(32)31-15-17-33-18-16-31/h2-10,24H,11-19H2,1H3/t24-/m1/s1. The number of benzene rings is 2. The van der Waals surface area contributed by atoms with Gasteiger partial charge in [0, 0.05) is 44.8 Å². The van der Waals surface area contributed by atoms with E-state index in [1.807, 2.05) is 47.4 Å². The summed E-state index contributed by atoms with van der Waals surface area (Å²) >= 11 is 0. The Morgan fingerprint density at radius 3 is 2.35 bits per heavy atom. The van der Waals surface area contributed by atoms with Crippen molar-refractivity contribution < 1.29 is 14.1 Å². The van der Waals surface area contributed by atoms with Gasteiger partial charge in [0.05, 0.1) is 19.8 Å². The van der Waals surface area contributed by atoms with Gasteiger partial charge in [-0.3, -0.25) is 14.6 Å². The highest BCUT2D eigenvalue weighted by molar-refractivity contribution is 5.83. The van der Waals surface area contributed by atoms with E-state index < -0.39 is 0 Å². The molecule has 5 rings (SSSR count). The number of rotatable bonds is 6. The molecule has 0 saturated carbocycles. The van der Waals surface area contributed by atoms with E-state index in [9.17, 15) is 4.79 Å². The number of ether oxygens (including phenoxy) is 1. The maximum atomic E-state index is 13.5. The van der Waals surface area contributed by atoms with Crippen LogP contribution in [0.15, 0.2) is 59.1 Å². The summed E-state index contributed by atoms with van der Waals surface area (Å²) in [4.78, 5) is 24.7. The summed E-state index contributed by atoms with van der Waals surface area (Å²) in [6, 6.07) is 18.0. The Kier molecular flexibility index (Phi) is 6.99. The molecule has 0 radical (unpaired) electrons. The van der Waals surface area contributed by atoms with Gasteiger partial charge in [-0.25, -0.2) is 0 Å². The maximum absolute atomic E-state index is 13.5. The molecule has 8 nitrogen and oxygen atoms in total. The van der Waals surface area contributed by atoms with Crippen molar-refractivity contribution >= 4 is 5.91 Å². The number of piperazine rings is 1. The SMILES string of the molecule is Cc1ccc(-c2noc(CN3CCN([C@@H](C(=O)N4CCOCC4)c4ccccc4)CC3)n2)cc1. The van der Waals surface area contributed by atoms with E-state index in [4.69, 9.17) is 9.26 Å². The molecule has 2 saturated heterocycles. The summed E-state index contributed by atoms with van der Waals surface area (Å²) in [5.41, 5.74) is 3.20. The highest BCUT2D eigenvalue weighted by Crippen LogP contribution is 2.26.